The summed E-state index contributed by atoms with van der Waals surface area (Å²) in [5.74, 6) is 1.68. The molecule has 3 aromatic heterocycles. The summed E-state index contributed by atoms with van der Waals surface area (Å²) in [5, 5.41) is 7.80. The minimum absolute atomic E-state index is 0.0614. The Morgan fingerprint density at radius 2 is 2.04 bits per heavy atom. The summed E-state index contributed by atoms with van der Waals surface area (Å²) in [6.45, 7) is 7.35. The van der Waals surface area contributed by atoms with Gasteiger partial charge in [0.05, 0.1) is 11.9 Å². The van der Waals surface area contributed by atoms with Gasteiger partial charge in [-0.1, -0.05) is 43.9 Å². The summed E-state index contributed by atoms with van der Waals surface area (Å²) in [6, 6.07) is 1.81. The molecule has 0 saturated carbocycles. The highest BCUT2D eigenvalue weighted by Crippen LogP contribution is 2.28. The lowest BCUT2D eigenvalue weighted by molar-refractivity contribution is 0.572. The first-order valence-corrected chi connectivity index (χ1v) is 9.33. The van der Waals surface area contributed by atoms with Crippen LogP contribution in [0.2, 0.25) is 0 Å². The van der Waals surface area contributed by atoms with Crippen molar-refractivity contribution in [1.29, 1.82) is 0 Å². The van der Waals surface area contributed by atoms with Crippen LogP contribution in [0.5, 0.6) is 0 Å². The molecule has 3 rings (SSSR count). The summed E-state index contributed by atoms with van der Waals surface area (Å²) < 4.78 is 2.95. The number of rotatable bonds is 6. The van der Waals surface area contributed by atoms with Gasteiger partial charge in [-0.2, -0.15) is 0 Å². The first-order valence-electron chi connectivity index (χ1n) is 7.53. The number of hydrogen-bond donors (Lipinski definition) is 1. The van der Waals surface area contributed by atoms with Crippen molar-refractivity contribution in [3.63, 3.8) is 0 Å². The highest BCUT2D eigenvalue weighted by Gasteiger charge is 2.19. The van der Waals surface area contributed by atoms with Crippen molar-refractivity contribution in [2.75, 3.05) is 17.6 Å². The number of anilines is 1. The second-order valence-electron chi connectivity index (χ2n) is 6.17. The van der Waals surface area contributed by atoms with Crippen molar-refractivity contribution in [3.8, 4) is 0 Å². The molecule has 0 spiro atoms. The molecule has 3 heterocycles. The molecule has 8 heteroatoms. The molecule has 0 saturated heterocycles. The highest BCUT2D eigenvalue weighted by molar-refractivity contribution is 8.01. The number of fused-ring (bicyclic) bond motifs is 1. The van der Waals surface area contributed by atoms with E-state index in [1.165, 1.54) is 0 Å². The Kier molecular flexibility index (Phi) is 4.82. The minimum Gasteiger partial charge on any atom is -0.354 e. The van der Waals surface area contributed by atoms with Gasteiger partial charge in [0.25, 0.3) is 0 Å². The van der Waals surface area contributed by atoms with Gasteiger partial charge in [-0.25, -0.2) is 19.5 Å². The molecule has 0 aliphatic heterocycles. The standard InChI is InChI=1S/C15H20N6S2/c1-15(2,3)11-10-21-13(19-11)23-14(20-21)22-9-5-8-18-12-16-6-4-7-17-12/h4,6-7,10H,5,8-9H2,1-3H3,(H,16,17,18). The van der Waals surface area contributed by atoms with Crippen LogP contribution in [0.3, 0.4) is 0 Å². The maximum Gasteiger partial charge on any atom is 0.222 e. The Morgan fingerprint density at radius 3 is 2.74 bits per heavy atom. The van der Waals surface area contributed by atoms with E-state index in [1.54, 1.807) is 35.5 Å². The van der Waals surface area contributed by atoms with E-state index >= 15 is 0 Å². The van der Waals surface area contributed by atoms with Gasteiger partial charge >= 0.3 is 0 Å². The lowest BCUT2D eigenvalue weighted by atomic mass is 9.93. The van der Waals surface area contributed by atoms with Gasteiger partial charge in [0.15, 0.2) is 4.34 Å². The fourth-order valence-corrected chi connectivity index (χ4v) is 3.86. The highest BCUT2D eigenvalue weighted by atomic mass is 32.2. The Balaban J connectivity index is 1.47. The van der Waals surface area contributed by atoms with E-state index in [0.717, 1.165) is 33.7 Å². The van der Waals surface area contributed by atoms with Gasteiger partial charge < -0.3 is 5.32 Å². The van der Waals surface area contributed by atoms with Crippen LogP contribution in [-0.4, -0.2) is 36.9 Å². The number of nitrogens with zero attached hydrogens (tertiary/aromatic N) is 5. The van der Waals surface area contributed by atoms with Crippen LogP contribution >= 0.6 is 23.1 Å². The van der Waals surface area contributed by atoms with Crippen LogP contribution in [0, 0.1) is 0 Å². The molecule has 0 aliphatic carbocycles. The summed E-state index contributed by atoms with van der Waals surface area (Å²) >= 11 is 3.41. The number of hydrogen-bond acceptors (Lipinski definition) is 7. The number of aromatic nitrogens is 5. The van der Waals surface area contributed by atoms with E-state index in [4.69, 9.17) is 0 Å². The van der Waals surface area contributed by atoms with Gasteiger partial charge in [0.2, 0.25) is 10.9 Å². The van der Waals surface area contributed by atoms with Crippen LogP contribution in [0.15, 0.2) is 29.0 Å². The molecule has 0 amide bonds. The third-order valence-electron chi connectivity index (χ3n) is 3.19. The first kappa shape index (κ1) is 16.2. The number of imidazole rings is 1. The monoisotopic (exact) mass is 348 g/mol. The third-order valence-corrected chi connectivity index (χ3v) is 5.33. The van der Waals surface area contributed by atoms with Crippen molar-refractivity contribution in [2.24, 2.45) is 0 Å². The average Bonchev–Trinajstić information content (AvgIpc) is 3.06. The van der Waals surface area contributed by atoms with Gasteiger partial charge in [-0.15, -0.1) is 5.10 Å². The molecule has 0 unspecified atom stereocenters. The van der Waals surface area contributed by atoms with E-state index in [-0.39, 0.29) is 5.41 Å². The van der Waals surface area contributed by atoms with Gasteiger partial charge in [0, 0.05) is 30.1 Å². The number of nitrogens with one attached hydrogen (secondary N) is 1. The maximum atomic E-state index is 4.67. The van der Waals surface area contributed by atoms with E-state index in [1.807, 2.05) is 16.8 Å². The van der Waals surface area contributed by atoms with Crippen LogP contribution in [0.25, 0.3) is 4.96 Å². The summed E-state index contributed by atoms with van der Waals surface area (Å²) in [7, 11) is 0. The van der Waals surface area contributed by atoms with Crippen LogP contribution in [-0.2, 0) is 5.41 Å². The molecular formula is C15H20N6S2. The van der Waals surface area contributed by atoms with E-state index in [0.29, 0.717) is 5.95 Å². The van der Waals surface area contributed by atoms with Crippen molar-refractivity contribution < 1.29 is 0 Å². The van der Waals surface area contributed by atoms with Gasteiger partial charge in [-0.05, 0) is 12.5 Å². The summed E-state index contributed by atoms with van der Waals surface area (Å²) in [5.41, 5.74) is 1.14. The molecule has 1 N–H and O–H groups in total. The topological polar surface area (TPSA) is 68.0 Å². The van der Waals surface area contributed by atoms with Gasteiger partial charge in [0.1, 0.15) is 0 Å². The minimum atomic E-state index is 0.0614. The number of thioether (sulfide) groups is 1. The summed E-state index contributed by atoms with van der Waals surface area (Å²) in [4.78, 5) is 13.9. The lowest BCUT2D eigenvalue weighted by Crippen LogP contribution is -2.11. The SMILES string of the molecule is CC(C)(C)c1cn2nc(SCCCNc3ncccn3)sc2n1. The lowest BCUT2D eigenvalue weighted by Gasteiger charge is -2.13. The Labute approximate surface area is 143 Å². The molecule has 0 aromatic carbocycles. The molecule has 0 aliphatic rings. The maximum absolute atomic E-state index is 4.67. The second-order valence-corrected chi connectivity index (χ2v) is 8.47. The zero-order chi connectivity index (χ0) is 16.3. The summed E-state index contributed by atoms with van der Waals surface area (Å²) in [6.07, 6.45) is 6.53. The Hall–Kier alpha value is -1.67. The normalized spacial score (nSPS) is 12.0. The Morgan fingerprint density at radius 1 is 1.26 bits per heavy atom. The fourth-order valence-electron chi connectivity index (χ4n) is 1.92. The van der Waals surface area contributed by atoms with Crippen molar-refractivity contribution in [2.45, 2.75) is 36.9 Å². The zero-order valence-electron chi connectivity index (χ0n) is 13.5. The van der Waals surface area contributed by atoms with Crippen LogP contribution in [0.4, 0.5) is 5.95 Å². The molecule has 6 nitrogen and oxygen atoms in total. The molecular weight excluding hydrogens is 328 g/mol. The largest absolute Gasteiger partial charge is 0.354 e. The quantitative estimate of drug-likeness (QED) is 0.543. The smallest absolute Gasteiger partial charge is 0.222 e. The van der Waals surface area contributed by atoms with E-state index in [9.17, 15) is 0 Å². The van der Waals surface area contributed by atoms with Crippen molar-refractivity contribution >= 4 is 34.0 Å². The van der Waals surface area contributed by atoms with E-state index < -0.39 is 0 Å². The molecule has 122 valence electrons. The first-order chi connectivity index (χ1) is 11.0. The van der Waals surface area contributed by atoms with Crippen LogP contribution < -0.4 is 5.32 Å². The molecule has 23 heavy (non-hydrogen) atoms. The second kappa shape index (κ2) is 6.84. The molecule has 0 atom stereocenters. The molecule has 0 bridgehead atoms. The zero-order valence-corrected chi connectivity index (χ0v) is 15.1. The predicted molar refractivity (Wildman–Crippen MR) is 95.4 cm³/mol. The van der Waals surface area contributed by atoms with Crippen LogP contribution in [0.1, 0.15) is 32.9 Å². The molecule has 3 aromatic rings. The average molecular weight is 349 g/mol. The molecule has 0 fully saturated rings. The van der Waals surface area contributed by atoms with Gasteiger partial charge in [-0.3, -0.25) is 0 Å². The fraction of sp³-hybridized carbons (Fsp3) is 0.467. The predicted octanol–water partition coefficient (Wildman–Crippen LogP) is 3.47. The van der Waals surface area contributed by atoms with E-state index in [2.05, 4.69) is 46.1 Å². The van der Waals surface area contributed by atoms with Crippen molar-refractivity contribution in [1.82, 2.24) is 24.6 Å². The Bertz CT molecular complexity index is 728. The van der Waals surface area contributed by atoms with Crippen molar-refractivity contribution in [3.05, 3.63) is 30.4 Å². The third kappa shape index (κ3) is 4.20. The molecule has 0 radical (unpaired) electrons.